The average Bonchev–Trinajstić information content (AvgIpc) is 2.92. The van der Waals surface area contributed by atoms with E-state index >= 15 is 0 Å². The molecule has 0 aliphatic heterocycles. The Morgan fingerprint density at radius 2 is 1.55 bits per heavy atom. The van der Waals surface area contributed by atoms with Gasteiger partial charge in [-0.2, -0.15) is 0 Å². The van der Waals surface area contributed by atoms with Crippen LogP contribution in [0.5, 0.6) is 0 Å². The fourth-order valence-electron chi connectivity index (χ4n) is 11.7. The fraction of sp³-hybridized carbons (Fsp3) is 0.868. The fourth-order valence-corrected chi connectivity index (χ4v) is 11.7. The molecule has 6 nitrogen and oxygen atoms in total. The maximum Gasteiger partial charge on any atom is 0.315 e. The highest BCUT2D eigenvalue weighted by Crippen LogP contribution is 2.76. The summed E-state index contributed by atoms with van der Waals surface area (Å²) in [6, 6.07) is 0. The van der Waals surface area contributed by atoms with Crippen molar-refractivity contribution in [2.24, 2.45) is 62.1 Å². The van der Waals surface area contributed by atoms with Crippen LogP contribution in [-0.2, 0) is 28.6 Å². The highest BCUT2D eigenvalue weighted by atomic mass is 16.7. The molecule has 5 rings (SSSR count). The van der Waals surface area contributed by atoms with E-state index in [1.54, 1.807) is 6.92 Å². The highest BCUT2D eigenvalue weighted by molar-refractivity contribution is 5.79. The minimum absolute atomic E-state index is 0.000754. The minimum atomic E-state index is -0.641. The van der Waals surface area contributed by atoms with Crippen molar-refractivity contribution in [3.05, 3.63) is 11.6 Å². The van der Waals surface area contributed by atoms with Gasteiger partial charge in [0.05, 0.1) is 10.8 Å². The SMILES string of the molecule is CC(=O)O[C@H]1CC[C@]2(C)[C@H]3CC=C4[C@@H]5[C@@H](C)[C@H](C)CC[C@]5(C(=O)OCOC(=O)C(C)(C)C)CC[C@@]4(C)[C@]3(C)CC[C@H]2C1(C)C. The second-order valence-corrected chi connectivity index (χ2v) is 18.0. The Morgan fingerprint density at radius 1 is 0.864 bits per heavy atom. The van der Waals surface area contributed by atoms with E-state index in [9.17, 15) is 14.4 Å². The van der Waals surface area contributed by atoms with Crippen LogP contribution in [0.25, 0.3) is 0 Å². The van der Waals surface area contributed by atoms with Crippen molar-refractivity contribution < 1.29 is 28.6 Å². The summed E-state index contributed by atoms with van der Waals surface area (Å²) < 4.78 is 17.1. The van der Waals surface area contributed by atoms with Gasteiger partial charge in [-0.3, -0.25) is 14.4 Å². The highest BCUT2D eigenvalue weighted by Gasteiger charge is 2.70. The Balaban J connectivity index is 1.47. The average molecular weight is 613 g/mol. The monoisotopic (exact) mass is 612 g/mol. The lowest BCUT2D eigenvalue weighted by Crippen LogP contribution is -2.65. The largest absolute Gasteiger partial charge is 0.462 e. The van der Waals surface area contributed by atoms with Gasteiger partial charge in [0.1, 0.15) is 6.10 Å². The molecule has 6 heteroatoms. The molecule has 0 bridgehead atoms. The van der Waals surface area contributed by atoms with Gasteiger partial charge in [0.15, 0.2) is 0 Å². The molecule has 0 spiro atoms. The summed E-state index contributed by atoms with van der Waals surface area (Å²) in [6.07, 6.45) is 11.5. The molecule has 44 heavy (non-hydrogen) atoms. The van der Waals surface area contributed by atoms with Gasteiger partial charge in [0.25, 0.3) is 0 Å². The molecular weight excluding hydrogens is 552 g/mol. The second-order valence-electron chi connectivity index (χ2n) is 18.0. The van der Waals surface area contributed by atoms with E-state index in [-0.39, 0.29) is 58.4 Å². The summed E-state index contributed by atoms with van der Waals surface area (Å²) in [7, 11) is 0. The molecule has 0 aromatic heterocycles. The number of esters is 3. The van der Waals surface area contributed by atoms with Crippen LogP contribution in [0.15, 0.2) is 11.6 Å². The summed E-state index contributed by atoms with van der Waals surface area (Å²) in [5, 5.41) is 0. The van der Waals surface area contributed by atoms with Gasteiger partial charge in [-0.15, -0.1) is 0 Å². The van der Waals surface area contributed by atoms with Crippen molar-refractivity contribution in [3.63, 3.8) is 0 Å². The smallest absolute Gasteiger partial charge is 0.315 e. The summed E-state index contributed by atoms with van der Waals surface area (Å²) in [5.74, 6) is 1.35. The lowest BCUT2D eigenvalue weighted by Gasteiger charge is -2.71. The van der Waals surface area contributed by atoms with Crippen molar-refractivity contribution in [2.45, 2.75) is 140 Å². The van der Waals surface area contributed by atoms with Gasteiger partial charge < -0.3 is 14.2 Å². The maximum absolute atomic E-state index is 14.1. The van der Waals surface area contributed by atoms with E-state index in [1.165, 1.54) is 5.57 Å². The molecule has 0 heterocycles. The third-order valence-corrected chi connectivity index (χ3v) is 14.6. The van der Waals surface area contributed by atoms with Crippen LogP contribution in [0, 0.1) is 62.1 Å². The first kappa shape index (κ1) is 33.5. The van der Waals surface area contributed by atoms with Crippen LogP contribution in [0.2, 0.25) is 0 Å². The zero-order valence-corrected chi connectivity index (χ0v) is 29.6. The number of fused-ring (bicyclic) bond motifs is 7. The van der Waals surface area contributed by atoms with Crippen molar-refractivity contribution in [1.29, 1.82) is 0 Å². The number of hydrogen-bond donors (Lipinski definition) is 0. The van der Waals surface area contributed by atoms with E-state index in [0.717, 1.165) is 57.8 Å². The van der Waals surface area contributed by atoms with E-state index in [1.807, 2.05) is 20.8 Å². The molecule has 0 radical (unpaired) electrons. The molecule has 10 atom stereocenters. The Morgan fingerprint density at radius 3 is 2.18 bits per heavy atom. The summed E-state index contributed by atoms with van der Waals surface area (Å²) in [6.45, 7) is 23.7. The zero-order valence-electron chi connectivity index (χ0n) is 29.6. The summed E-state index contributed by atoms with van der Waals surface area (Å²) >= 11 is 0. The van der Waals surface area contributed by atoms with E-state index < -0.39 is 10.8 Å². The van der Waals surface area contributed by atoms with Crippen LogP contribution in [0.1, 0.15) is 134 Å². The number of hydrogen-bond acceptors (Lipinski definition) is 6. The first-order valence-corrected chi connectivity index (χ1v) is 17.5. The van der Waals surface area contributed by atoms with Crippen LogP contribution in [-0.4, -0.2) is 30.8 Å². The predicted molar refractivity (Wildman–Crippen MR) is 171 cm³/mol. The molecule has 0 saturated heterocycles. The van der Waals surface area contributed by atoms with Crippen molar-refractivity contribution in [2.75, 3.05) is 6.79 Å². The third-order valence-electron chi connectivity index (χ3n) is 14.6. The Bertz CT molecular complexity index is 1210. The molecule has 5 aliphatic rings. The summed E-state index contributed by atoms with van der Waals surface area (Å²) in [5.41, 5.74) is 0.497. The lowest BCUT2D eigenvalue weighted by atomic mass is 9.33. The molecule has 4 saturated carbocycles. The predicted octanol–water partition coefficient (Wildman–Crippen LogP) is 8.67. The standard InChI is InChI=1S/C38H60O6/c1-23-14-19-38(32(41)43-22-42-31(40)33(4,5)6)21-20-36(10)26(30(38)24(23)2)12-13-28-35(9)17-16-29(44-25(3)39)34(7,8)27(35)15-18-37(28,36)11/h12,23-24,27-30H,13-22H2,1-11H3/t23-,24+,27+,28-,29+,30+,35+,36-,37-,38+/m1/s1. The number of allylic oxidation sites excluding steroid dienone is 2. The molecule has 0 aromatic rings. The molecule has 5 aliphatic carbocycles. The topological polar surface area (TPSA) is 78.9 Å². The second kappa shape index (κ2) is 10.9. The van der Waals surface area contributed by atoms with Gasteiger partial charge in [-0.25, -0.2) is 0 Å². The van der Waals surface area contributed by atoms with Gasteiger partial charge in [0, 0.05) is 12.3 Å². The molecule has 0 N–H and O–H groups in total. The number of carbonyl (C=O) groups excluding carboxylic acids is 3. The third kappa shape index (κ3) is 4.81. The first-order chi connectivity index (χ1) is 20.3. The van der Waals surface area contributed by atoms with Gasteiger partial charge in [0.2, 0.25) is 6.79 Å². The molecule has 4 fully saturated rings. The molecule has 248 valence electrons. The zero-order chi connectivity index (χ0) is 32.7. The Kier molecular flexibility index (Phi) is 8.27. The van der Waals surface area contributed by atoms with Crippen molar-refractivity contribution >= 4 is 17.9 Å². The molecule has 0 amide bonds. The first-order valence-electron chi connectivity index (χ1n) is 17.5. The van der Waals surface area contributed by atoms with Crippen LogP contribution < -0.4 is 0 Å². The van der Waals surface area contributed by atoms with Crippen LogP contribution in [0.4, 0.5) is 0 Å². The van der Waals surface area contributed by atoms with E-state index in [4.69, 9.17) is 14.2 Å². The Hall–Kier alpha value is -1.85. The van der Waals surface area contributed by atoms with Crippen LogP contribution >= 0.6 is 0 Å². The van der Waals surface area contributed by atoms with Crippen molar-refractivity contribution in [3.8, 4) is 0 Å². The summed E-state index contributed by atoms with van der Waals surface area (Å²) in [4.78, 5) is 38.5. The number of carbonyl (C=O) groups is 3. The number of ether oxygens (including phenoxy) is 3. The van der Waals surface area contributed by atoms with E-state index in [0.29, 0.717) is 23.7 Å². The van der Waals surface area contributed by atoms with Crippen molar-refractivity contribution in [1.82, 2.24) is 0 Å². The number of rotatable bonds is 4. The normalized spacial score (nSPS) is 44.5. The maximum atomic E-state index is 14.1. The minimum Gasteiger partial charge on any atom is -0.462 e. The van der Waals surface area contributed by atoms with Crippen LogP contribution in [0.3, 0.4) is 0 Å². The molecular formula is C38H60O6. The molecule has 0 aromatic carbocycles. The Labute approximate surface area is 266 Å². The lowest BCUT2D eigenvalue weighted by molar-refractivity contribution is -0.215. The van der Waals surface area contributed by atoms with E-state index in [2.05, 4.69) is 54.5 Å². The molecule has 0 unspecified atom stereocenters. The van der Waals surface area contributed by atoms with Gasteiger partial charge >= 0.3 is 17.9 Å². The van der Waals surface area contributed by atoms with Gasteiger partial charge in [-0.05, 0) is 124 Å². The van der Waals surface area contributed by atoms with Gasteiger partial charge in [-0.1, -0.05) is 60.1 Å². The quantitative estimate of drug-likeness (QED) is 0.180.